The van der Waals surface area contributed by atoms with Gasteiger partial charge >= 0.3 is 0 Å². The van der Waals surface area contributed by atoms with Crippen LogP contribution < -0.4 is 10.6 Å². The Balaban J connectivity index is 1.59. The van der Waals surface area contributed by atoms with E-state index in [-0.39, 0.29) is 18.6 Å². The first kappa shape index (κ1) is 22.2. The lowest BCUT2D eigenvalue weighted by Gasteiger charge is -2.30. The summed E-state index contributed by atoms with van der Waals surface area (Å²) in [5.41, 5.74) is 3.93. The molecule has 4 rings (SSSR count). The number of rotatable bonds is 7. The van der Waals surface area contributed by atoms with E-state index in [1.165, 1.54) is 7.11 Å². The number of ether oxygens (including phenoxy) is 1. The summed E-state index contributed by atoms with van der Waals surface area (Å²) in [7, 11) is 1.54. The topological polar surface area (TPSA) is 94.0 Å². The highest BCUT2D eigenvalue weighted by Crippen LogP contribution is 2.30. The van der Waals surface area contributed by atoms with Crippen molar-refractivity contribution < 1.29 is 9.53 Å². The molecule has 1 saturated carbocycles. The Bertz CT molecular complexity index is 1100. The molecular formula is C24H32N6O2. The monoisotopic (exact) mass is 436 g/mol. The number of carbonyl (C=O) groups is 1. The van der Waals surface area contributed by atoms with Crippen LogP contribution in [0.15, 0.2) is 24.3 Å². The van der Waals surface area contributed by atoms with Crippen molar-refractivity contribution in [1.82, 2.24) is 25.1 Å². The summed E-state index contributed by atoms with van der Waals surface area (Å²) in [5.74, 6) is 1.61. The molecular weight excluding hydrogens is 404 g/mol. The second-order valence-electron chi connectivity index (χ2n) is 8.52. The zero-order valence-corrected chi connectivity index (χ0v) is 19.3. The number of nitrogens with zero attached hydrogens (tertiary/aromatic N) is 4. The van der Waals surface area contributed by atoms with Crippen molar-refractivity contribution in [2.75, 3.05) is 19.0 Å². The van der Waals surface area contributed by atoms with Gasteiger partial charge in [0.15, 0.2) is 5.65 Å². The molecule has 1 aliphatic rings. The highest BCUT2D eigenvalue weighted by molar-refractivity contribution is 5.90. The van der Waals surface area contributed by atoms with E-state index in [0.29, 0.717) is 6.04 Å². The molecule has 1 amide bonds. The Morgan fingerprint density at radius 2 is 1.84 bits per heavy atom. The molecule has 8 heteroatoms. The maximum atomic E-state index is 11.8. The summed E-state index contributed by atoms with van der Waals surface area (Å²) in [6.45, 7) is 6.28. The molecule has 0 spiro atoms. The number of hydrogen-bond acceptors (Lipinski definition) is 6. The van der Waals surface area contributed by atoms with Gasteiger partial charge in [-0.2, -0.15) is 5.10 Å². The predicted molar refractivity (Wildman–Crippen MR) is 125 cm³/mol. The number of para-hydroxylation sites is 1. The summed E-state index contributed by atoms with van der Waals surface area (Å²) in [6, 6.07) is 8.72. The third kappa shape index (κ3) is 4.60. The van der Waals surface area contributed by atoms with Crippen molar-refractivity contribution >= 4 is 22.8 Å². The zero-order valence-electron chi connectivity index (χ0n) is 19.3. The normalized spacial score (nSPS) is 18.6. The average Bonchev–Trinajstić information content (AvgIpc) is 3.12. The Morgan fingerprint density at radius 3 is 2.53 bits per heavy atom. The standard InChI is InChI=1S/C24H32N6O2/c1-5-20-27-23(26-18-12-10-17(11-13-18)25-21(31)14-32-4)22-16(3)29-30(24(22)28-20)19-9-7-6-8-15(19)2/h6-9,17-18H,5,10-14H2,1-4H3,(H,25,31)(H,26,27,28). The fourth-order valence-electron chi connectivity index (χ4n) is 4.44. The lowest BCUT2D eigenvalue weighted by molar-refractivity contribution is -0.125. The lowest BCUT2D eigenvalue weighted by atomic mass is 9.91. The van der Waals surface area contributed by atoms with Crippen LogP contribution in [0.25, 0.3) is 16.7 Å². The van der Waals surface area contributed by atoms with E-state index in [1.807, 2.05) is 23.7 Å². The summed E-state index contributed by atoms with van der Waals surface area (Å²) in [4.78, 5) is 21.5. The number of methoxy groups -OCH3 is 1. The highest BCUT2D eigenvalue weighted by Gasteiger charge is 2.25. The zero-order chi connectivity index (χ0) is 22.7. The molecule has 0 atom stereocenters. The number of nitrogens with one attached hydrogen (secondary N) is 2. The Labute approximate surface area is 188 Å². The number of benzene rings is 1. The van der Waals surface area contributed by atoms with E-state index >= 15 is 0 Å². The number of amides is 1. The van der Waals surface area contributed by atoms with Crippen LogP contribution in [0.2, 0.25) is 0 Å². The van der Waals surface area contributed by atoms with E-state index in [9.17, 15) is 4.79 Å². The van der Waals surface area contributed by atoms with Gasteiger partial charge in [0.2, 0.25) is 5.91 Å². The molecule has 1 fully saturated rings. The van der Waals surface area contributed by atoms with E-state index in [2.05, 4.69) is 36.6 Å². The number of aryl methyl sites for hydroxylation is 3. The fourth-order valence-corrected chi connectivity index (χ4v) is 4.44. The van der Waals surface area contributed by atoms with Gasteiger partial charge in [0, 0.05) is 25.6 Å². The number of aromatic nitrogens is 4. The fraction of sp³-hybridized carbons (Fsp3) is 0.500. The molecule has 1 aromatic carbocycles. The second kappa shape index (κ2) is 9.65. The second-order valence-corrected chi connectivity index (χ2v) is 8.52. The van der Waals surface area contributed by atoms with Crippen LogP contribution in [0.4, 0.5) is 5.82 Å². The van der Waals surface area contributed by atoms with E-state index in [0.717, 1.165) is 71.7 Å². The van der Waals surface area contributed by atoms with Crippen LogP contribution >= 0.6 is 0 Å². The van der Waals surface area contributed by atoms with Crippen molar-refractivity contribution in [3.05, 3.63) is 41.3 Å². The smallest absolute Gasteiger partial charge is 0.246 e. The van der Waals surface area contributed by atoms with Crippen molar-refractivity contribution in [3.63, 3.8) is 0 Å². The summed E-state index contributed by atoms with van der Waals surface area (Å²) in [6.07, 6.45) is 4.56. The van der Waals surface area contributed by atoms with Gasteiger partial charge in [-0.05, 0) is 51.2 Å². The number of anilines is 1. The number of fused-ring (bicyclic) bond motifs is 1. The summed E-state index contributed by atoms with van der Waals surface area (Å²) in [5, 5.41) is 12.5. The summed E-state index contributed by atoms with van der Waals surface area (Å²) >= 11 is 0. The summed E-state index contributed by atoms with van der Waals surface area (Å²) < 4.78 is 6.85. The predicted octanol–water partition coefficient (Wildman–Crippen LogP) is 3.48. The first-order valence-corrected chi connectivity index (χ1v) is 11.4. The maximum Gasteiger partial charge on any atom is 0.246 e. The average molecular weight is 437 g/mol. The first-order valence-electron chi connectivity index (χ1n) is 11.4. The minimum absolute atomic E-state index is 0.0479. The molecule has 2 heterocycles. The van der Waals surface area contributed by atoms with Crippen molar-refractivity contribution in [3.8, 4) is 5.69 Å². The molecule has 0 saturated heterocycles. The third-order valence-corrected chi connectivity index (χ3v) is 6.12. The third-order valence-electron chi connectivity index (χ3n) is 6.12. The molecule has 0 radical (unpaired) electrons. The van der Waals surface area contributed by atoms with Gasteiger partial charge < -0.3 is 15.4 Å². The molecule has 0 bridgehead atoms. The molecule has 1 aliphatic carbocycles. The van der Waals surface area contributed by atoms with Gasteiger partial charge in [0.1, 0.15) is 18.2 Å². The number of carbonyl (C=O) groups excluding carboxylic acids is 1. The van der Waals surface area contributed by atoms with Crippen molar-refractivity contribution in [1.29, 1.82) is 0 Å². The number of hydrogen-bond donors (Lipinski definition) is 2. The Hall–Kier alpha value is -3.00. The van der Waals surface area contributed by atoms with Gasteiger partial charge in [-0.25, -0.2) is 14.6 Å². The highest BCUT2D eigenvalue weighted by atomic mass is 16.5. The van der Waals surface area contributed by atoms with Crippen LogP contribution in [-0.4, -0.2) is 51.5 Å². The van der Waals surface area contributed by atoms with E-state index < -0.39 is 0 Å². The van der Waals surface area contributed by atoms with Crippen LogP contribution in [0.5, 0.6) is 0 Å². The Morgan fingerprint density at radius 1 is 1.12 bits per heavy atom. The molecule has 32 heavy (non-hydrogen) atoms. The molecule has 3 aromatic rings. The quantitative estimate of drug-likeness (QED) is 0.589. The molecule has 170 valence electrons. The Kier molecular flexibility index (Phi) is 6.69. The van der Waals surface area contributed by atoms with Crippen LogP contribution in [-0.2, 0) is 16.0 Å². The maximum absolute atomic E-state index is 11.8. The van der Waals surface area contributed by atoms with Gasteiger partial charge in [0.25, 0.3) is 0 Å². The largest absolute Gasteiger partial charge is 0.375 e. The van der Waals surface area contributed by atoms with Crippen LogP contribution in [0.3, 0.4) is 0 Å². The molecule has 0 unspecified atom stereocenters. The molecule has 2 N–H and O–H groups in total. The van der Waals surface area contributed by atoms with E-state index in [1.54, 1.807) is 0 Å². The molecule has 0 aliphatic heterocycles. The van der Waals surface area contributed by atoms with Gasteiger partial charge in [-0.1, -0.05) is 25.1 Å². The molecule has 2 aromatic heterocycles. The van der Waals surface area contributed by atoms with Crippen LogP contribution in [0.1, 0.15) is 49.7 Å². The molecule has 8 nitrogen and oxygen atoms in total. The lowest BCUT2D eigenvalue weighted by Crippen LogP contribution is -2.41. The van der Waals surface area contributed by atoms with Crippen molar-refractivity contribution in [2.24, 2.45) is 0 Å². The minimum Gasteiger partial charge on any atom is -0.375 e. The van der Waals surface area contributed by atoms with Gasteiger partial charge in [-0.15, -0.1) is 0 Å². The SMILES string of the molecule is CCc1nc(NC2CCC(NC(=O)COC)CC2)c2c(C)nn(-c3ccccc3C)c2n1. The van der Waals surface area contributed by atoms with Crippen LogP contribution in [0, 0.1) is 13.8 Å². The van der Waals surface area contributed by atoms with Gasteiger partial charge in [0.05, 0.1) is 16.8 Å². The van der Waals surface area contributed by atoms with Crippen molar-refractivity contribution in [2.45, 2.75) is 65.0 Å². The first-order chi connectivity index (χ1) is 15.5. The van der Waals surface area contributed by atoms with E-state index in [4.69, 9.17) is 19.8 Å². The van der Waals surface area contributed by atoms with Gasteiger partial charge in [-0.3, -0.25) is 4.79 Å². The minimum atomic E-state index is -0.0479.